The highest BCUT2D eigenvalue weighted by molar-refractivity contribution is 5.70. The van der Waals surface area contributed by atoms with Crippen molar-refractivity contribution in [2.24, 2.45) is 11.8 Å². The van der Waals surface area contributed by atoms with Crippen molar-refractivity contribution in [3.8, 4) is 5.75 Å². The SMILES string of the molecule is CCCCCCCCOc1ccc(CCC2CCC(C(=O)O)C2)cc1C. The van der Waals surface area contributed by atoms with Crippen molar-refractivity contribution in [1.82, 2.24) is 0 Å². The van der Waals surface area contributed by atoms with Gasteiger partial charge in [-0.1, -0.05) is 51.2 Å². The number of hydrogen-bond donors (Lipinski definition) is 1. The number of carboxylic acid groups (broad SMARTS) is 1. The lowest BCUT2D eigenvalue weighted by Gasteiger charge is -2.13. The van der Waals surface area contributed by atoms with Crippen LogP contribution in [0.4, 0.5) is 0 Å². The molecule has 1 saturated carbocycles. The highest BCUT2D eigenvalue weighted by Gasteiger charge is 2.29. The fraction of sp³-hybridized carbons (Fsp3) is 0.696. The van der Waals surface area contributed by atoms with E-state index < -0.39 is 5.97 Å². The second-order valence-corrected chi connectivity index (χ2v) is 7.97. The summed E-state index contributed by atoms with van der Waals surface area (Å²) in [5, 5.41) is 9.11. The molecule has 0 aromatic heterocycles. The molecule has 1 fully saturated rings. The molecule has 2 unspecified atom stereocenters. The summed E-state index contributed by atoms with van der Waals surface area (Å²) >= 11 is 0. The van der Waals surface area contributed by atoms with E-state index in [0.717, 1.165) is 50.9 Å². The van der Waals surface area contributed by atoms with E-state index in [4.69, 9.17) is 9.84 Å². The number of aryl methyl sites for hydroxylation is 2. The zero-order valence-corrected chi connectivity index (χ0v) is 16.6. The molecule has 3 heteroatoms. The van der Waals surface area contributed by atoms with E-state index in [2.05, 4.69) is 32.0 Å². The van der Waals surface area contributed by atoms with Crippen LogP contribution in [0.15, 0.2) is 18.2 Å². The maximum absolute atomic E-state index is 11.1. The van der Waals surface area contributed by atoms with Crippen LogP contribution in [0.5, 0.6) is 5.75 Å². The standard InChI is InChI=1S/C23H36O3/c1-3-4-5-6-7-8-15-26-22-14-12-19(16-18(22)2)9-10-20-11-13-21(17-20)23(24)25/h12,14,16,20-21H,3-11,13,15,17H2,1-2H3,(H,24,25). The van der Waals surface area contributed by atoms with E-state index >= 15 is 0 Å². The molecule has 1 aromatic carbocycles. The zero-order valence-electron chi connectivity index (χ0n) is 16.6. The average molecular weight is 361 g/mol. The Morgan fingerprint density at radius 3 is 2.62 bits per heavy atom. The summed E-state index contributed by atoms with van der Waals surface area (Å²) in [4.78, 5) is 11.1. The molecule has 0 amide bonds. The predicted molar refractivity (Wildman–Crippen MR) is 107 cm³/mol. The van der Waals surface area contributed by atoms with Gasteiger partial charge in [0.15, 0.2) is 0 Å². The zero-order chi connectivity index (χ0) is 18.8. The summed E-state index contributed by atoms with van der Waals surface area (Å²) in [5.41, 5.74) is 2.55. The molecule has 0 saturated heterocycles. The van der Waals surface area contributed by atoms with E-state index in [-0.39, 0.29) is 5.92 Å². The molecule has 2 rings (SSSR count). The highest BCUT2D eigenvalue weighted by atomic mass is 16.5. The molecule has 1 aliphatic rings. The van der Waals surface area contributed by atoms with Crippen LogP contribution in [-0.4, -0.2) is 17.7 Å². The molecule has 1 aliphatic carbocycles. The summed E-state index contributed by atoms with van der Waals surface area (Å²) in [5.74, 6) is 0.851. The largest absolute Gasteiger partial charge is 0.493 e. The summed E-state index contributed by atoms with van der Waals surface area (Å²) in [6, 6.07) is 6.52. The van der Waals surface area contributed by atoms with Crippen molar-refractivity contribution in [1.29, 1.82) is 0 Å². The van der Waals surface area contributed by atoms with E-state index in [0.29, 0.717) is 5.92 Å². The topological polar surface area (TPSA) is 46.5 Å². The number of carboxylic acids is 1. The Labute approximate surface area is 159 Å². The van der Waals surface area contributed by atoms with E-state index in [9.17, 15) is 4.79 Å². The van der Waals surface area contributed by atoms with Crippen molar-refractivity contribution in [3.05, 3.63) is 29.3 Å². The van der Waals surface area contributed by atoms with Crippen LogP contribution in [0.3, 0.4) is 0 Å². The van der Waals surface area contributed by atoms with Gasteiger partial charge in [0.25, 0.3) is 0 Å². The Morgan fingerprint density at radius 2 is 1.92 bits per heavy atom. The number of aliphatic carboxylic acids is 1. The Kier molecular flexibility index (Phi) is 9.00. The van der Waals surface area contributed by atoms with Crippen LogP contribution in [0.1, 0.15) is 82.3 Å². The lowest BCUT2D eigenvalue weighted by atomic mass is 9.96. The fourth-order valence-corrected chi connectivity index (χ4v) is 4.03. The maximum Gasteiger partial charge on any atom is 0.306 e. The third-order valence-corrected chi connectivity index (χ3v) is 5.73. The van der Waals surface area contributed by atoms with Crippen LogP contribution in [0.25, 0.3) is 0 Å². The highest BCUT2D eigenvalue weighted by Crippen LogP contribution is 2.34. The maximum atomic E-state index is 11.1. The molecule has 1 aromatic rings. The van der Waals surface area contributed by atoms with E-state index in [1.807, 2.05) is 0 Å². The molecule has 0 radical (unpaired) electrons. The number of rotatable bonds is 12. The van der Waals surface area contributed by atoms with Crippen molar-refractivity contribution >= 4 is 5.97 Å². The van der Waals surface area contributed by atoms with Crippen LogP contribution >= 0.6 is 0 Å². The Balaban J connectivity index is 1.67. The molecular weight excluding hydrogens is 324 g/mol. The van der Waals surface area contributed by atoms with E-state index in [1.165, 1.54) is 43.2 Å². The molecule has 26 heavy (non-hydrogen) atoms. The molecule has 0 bridgehead atoms. The number of ether oxygens (including phenoxy) is 1. The predicted octanol–water partition coefficient (Wildman–Crippen LogP) is 6.17. The van der Waals surface area contributed by atoms with Crippen molar-refractivity contribution in [3.63, 3.8) is 0 Å². The number of hydrogen-bond acceptors (Lipinski definition) is 2. The first-order chi connectivity index (χ1) is 12.6. The minimum atomic E-state index is -0.616. The van der Waals surface area contributed by atoms with Crippen molar-refractivity contribution in [2.45, 2.75) is 84.5 Å². The van der Waals surface area contributed by atoms with Crippen LogP contribution in [0.2, 0.25) is 0 Å². The van der Waals surface area contributed by atoms with Crippen LogP contribution in [0, 0.1) is 18.8 Å². The summed E-state index contributed by atoms with van der Waals surface area (Å²) < 4.78 is 5.95. The summed E-state index contributed by atoms with van der Waals surface area (Å²) in [6.07, 6.45) is 12.6. The van der Waals surface area contributed by atoms with Gasteiger partial charge in [-0.3, -0.25) is 4.79 Å². The average Bonchev–Trinajstić information content (AvgIpc) is 3.10. The Bertz CT molecular complexity index is 552. The normalized spacial score (nSPS) is 19.6. The van der Waals surface area contributed by atoms with Gasteiger partial charge in [-0.25, -0.2) is 0 Å². The van der Waals surface area contributed by atoms with Gasteiger partial charge in [-0.2, -0.15) is 0 Å². The van der Waals surface area contributed by atoms with Gasteiger partial charge in [-0.05, 0) is 68.6 Å². The van der Waals surface area contributed by atoms with Gasteiger partial charge in [0.2, 0.25) is 0 Å². The van der Waals surface area contributed by atoms with E-state index in [1.54, 1.807) is 0 Å². The number of benzene rings is 1. The summed E-state index contributed by atoms with van der Waals surface area (Å²) in [6.45, 7) is 5.18. The van der Waals surface area contributed by atoms with Crippen molar-refractivity contribution in [2.75, 3.05) is 6.61 Å². The van der Waals surface area contributed by atoms with Gasteiger partial charge < -0.3 is 9.84 Å². The molecule has 2 atom stereocenters. The second-order valence-electron chi connectivity index (χ2n) is 7.97. The first-order valence-electron chi connectivity index (χ1n) is 10.5. The molecule has 146 valence electrons. The minimum Gasteiger partial charge on any atom is -0.493 e. The van der Waals surface area contributed by atoms with Gasteiger partial charge in [0.1, 0.15) is 5.75 Å². The fourth-order valence-electron chi connectivity index (χ4n) is 4.03. The molecule has 3 nitrogen and oxygen atoms in total. The van der Waals surface area contributed by atoms with Crippen LogP contribution in [-0.2, 0) is 11.2 Å². The number of carbonyl (C=O) groups is 1. The minimum absolute atomic E-state index is 0.112. The first-order valence-corrected chi connectivity index (χ1v) is 10.5. The second kappa shape index (κ2) is 11.3. The van der Waals surface area contributed by atoms with Gasteiger partial charge in [0, 0.05) is 0 Å². The molecule has 1 N–H and O–H groups in total. The first kappa shape index (κ1) is 20.8. The molecular formula is C23H36O3. The van der Waals surface area contributed by atoms with Crippen molar-refractivity contribution < 1.29 is 14.6 Å². The molecule has 0 heterocycles. The monoisotopic (exact) mass is 360 g/mol. The summed E-state index contributed by atoms with van der Waals surface area (Å²) in [7, 11) is 0. The molecule has 0 spiro atoms. The quantitative estimate of drug-likeness (QED) is 0.454. The third-order valence-electron chi connectivity index (χ3n) is 5.73. The lowest BCUT2D eigenvalue weighted by Crippen LogP contribution is -2.09. The molecule has 0 aliphatic heterocycles. The Morgan fingerprint density at radius 1 is 1.15 bits per heavy atom. The van der Waals surface area contributed by atoms with Gasteiger partial charge >= 0.3 is 5.97 Å². The Hall–Kier alpha value is -1.51. The smallest absolute Gasteiger partial charge is 0.306 e. The van der Waals surface area contributed by atoms with Gasteiger partial charge in [-0.15, -0.1) is 0 Å². The third kappa shape index (κ3) is 7.01. The van der Waals surface area contributed by atoms with Gasteiger partial charge in [0.05, 0.1) is 12.5 Å². The lowest BCUT2D eigenvalue weighted by molar-refractivity contribution is -0.141. The van der Waals surface area contributed by atoms with Crippen LogP contribution < -0.4 is 4.74 Å². The number of unbranched alkanes of at least 4 members (excludes halogenated alkanes) is 5.